The van der Waals surface area contributed by atoms with Gasteiger partial charge in [0.25, 0.3) is 0 Å². The lowest BCUT2D eigenvalue weighted by molar-refractivity contribution is -0.131. The van der Waals surface area contributed by atoms with Crippen molar-refractivity contribution in [3.8, 4) is 0 Å². The molecule has 4 nitrogen and oxygen atoms in total. The third-order valence-electron chi connectivity index (χ3n) is 2.45. The average Bonchev–Trinajstić information content (AvgIpc) is 2.18. The molecule has 0 aromatic heterocycles. The first-order chi connectivity index (χ1) is 6.27. The normalized spacial score (nSPS) is 18.4. The highest BCUT2D eigenvalue weighted by Crippen LogP contribution is 2.10. The van der Waals surface area contributed by atoms with Crippen LogP contribution >= 0.6 is 0 Å². The van der Waals surface area contributed by atoms with Crippen molar-refractivity contribution in [2.75, 3.05) is 13.1 Å². The Labute approximate surface area is 78.3 Å². The topological polar surface area (TPSA) is 49.4 Å². The maximum atomic E-state index is 11.3. The van der Waals surface area contributed by atoms with E-state index in [1.807, 2.05) is 11.8 Å². The Morgan fingerprint density at radius 2 is 2.15 bits per heavy atom. The van der Waals surface area contributed by atoms with E-state index in [-0.39, 0.29) is 11.9 Å². The quantitative estimate of drug-likeness (QED) is 0.634. The van der Waals surface area contributed by atoms with Crippen LogP contribution in [0.1, 0.15) is 26.2 Å². The van der Waals surface area contributed by atoms with Gasteiger partial charge in [-0.2, -0.15) is 0 Å². The van der Waals surface area contributed by atoms with Gasteiger partial charge in [-0.1, -0.05) is 6.92 Å². The fourth-order valence-electron chi connectivity index (χ4n) is 1.62. The number of nitrogens with one attached hydrogen (secondary N) is 1. The molecule has 1 N–H and O–H groups in total. The van der Waals surface area contributed by atoms with Crippen LogP contribution in [0.2, 0.25) is 0 Å². The first-order valence-corrected chi connectivity index (χ1v) is 4.75. The second-order valence-corrected chi connectivity index (χ2v) is 3.29. The number of likely N-dealkylation sites (tertiary alicyclic amines) is 1. The summed E-state index contributed by atoms with van der Waals surface area (Å²) in [6, 6.07) is 0.262. The van der Waals surface area contributed by atoms with E-state index in [4.69, 9.17) is 0 Å². The second-order valence-electron chi connectivity index (χ2n) is 3.29. The van der Waals surface area contributed by atoms with Gasteiger partial charge in [0.15, 0.2) is 0 Å². The third kappa shape index (κ3) is 2.72. The van der Waals surface area contributed by atoms with E-state index in [0.717, 1.165) is 32.3 Å². The predicted octanol–water partition coefficient (Wildman–Crippen LogP) is 0.133. The molecule has 0 unspecified atom stereocenters. The second kappa shape index (κ2) is 4.84. The lowest BCUT2D eigenvalue weighted by atomic mass is 10.1. The molecule has 0 saturated carbocycles. The van der Waals surface area contributed by atoms with Gasteiger partial charge in [-0.3, -0.25) is 9.59 Å². The minimum absolute atomic E-state index is 0.213. The van der Waals surface area contributed by atoms with Crippen molar-refractivity contribution in [3.05, 3.63) is 0 Å². The molecule has 1 fully saturated rings. The summed E-state index contributed by atoms with van der Waals surface area (Å²) in [5.41, 5.74) is 0. The van der Waals surface area contributed by atoms with Crippen LogP contribution in [0, 0.1) is 0 Å². The summed E-state index contributed by atoms with van der Waals surface area (Å²) < 4.78 is 0. The van der Waals surface area contributed by atoms with Crippen LogP contribution in [0.15, 0.2) is 0 Å². The first-order valence-electron chi connectivity index (χ1n) is 4.75. The Hall–Kier alpha value is -1.06. The lowest BCUT2D eigenvalue weighted by Crippen LogP contribution is -2.44. The summed E-state index contributed by atoms with van der Waals surface area (Å²) in [7, 11) is 0. The van der Waals surface area contributed by atoms with Crippen LogP contribution in [0.25, 0.3) is 0 Å². The van der Waals surface area contributed by atoms with E-state index in [0.29, 0.717) is 6.42 Å². The molecule has 4 heteroatoms. The monoisotopic (exact) mass is 184 g/mol. The van der Waals surface area contributed by atoms with Gasteiger partial charge in [0.2, 0.25) is 12.3 Å². The summed E-state index contributed by atoms with van der Waals surface area (Å²) in [6.45, 7) is 3.43. The number of rotatable bonds is 3. The molecule has 0 aromatic carbocycles. The maximum absolute atomic E-state index is 11.3. The van der Waals surface area contributed by atoms with E-state index in [9.17, 15) is 9.59 Å². The van der Waals surface area contributed by atoms with Crippen LogP contribution in [0.5, 0.6) is 0 Å². The lowest BCUT2D eigenvalue weighted by Gasteiger charge is -2.31. The van der Waals surface area contributed by atoms with Crippen LogP contribution in [0.3, 0.4) is 0 Å². The van der Waals surface area contributed by atoms with E-state index < -0.39 is 0 Å². The Bertz CT molecular complexity index is 186. The van der Waals surface area contributed by atoms with Crippen molar-refractivity contribution >= 4 is 12.3 Å². The van der Waals surface area contributed by atoms with Gasteiger partial charge < -0.3 is 10.2 Å². The van der Waals surface area contributed by atoms with Gasteiger partial charge in [-0.15, -0.1) is 0 Å². The summed E-state index contributed by atoms with van der Waals surface area (Å²) in [5, 5.41) is 2.74. The fraction of sp³-hybridized carbons (Fsp3) is 0.778. The zero-order valence-corrected chi connectivity index (χ0v) is 7.95. The first kappa shape index (κ1) is 10.0. The molecule has 0 spiro atoms. The van der Waals surface area contributed by atoms with Gasteiger partial charge in [0.1, 0.15) is 0 Å². The van der Waals surface area contributed by atoms with Crippen LogP contribution in [0.4, 0.5) is 0 Å². The highest BCUT2D eigenvalue weighted by molar-refractivity contribution is 5.75. The van der Waals surface area contributed by atoms with Crippen LogP contribution < -0.4 is 5.32 Å². The molecule has 2 amide bonds. The number of hydrogen-bond donors (Lipinski definition) is 1. The van der Waals surface area contributed by atoms with E-state index in [2.05, 4.69) is 5.32 Å². The zero-order valence-electron chi connectivity index (χ0n) is 7.95. The van der Waals surface area contributed by atoms with Gasteiger partial charge in [0.05, 0.1) is 0 Å². The molecule has 0 aliphatic carbocycles. The average molecular weight is 184 g/mol. The van der Waals surface area contributed by atoms with Crippen molar-refractivity contribution in [3.63, 3.8) is 0 Å². The molecular formula is C9H16N2O2. The zero-order chi connectivity index (χ0) is 9.68. The van der Waals surface area contributed by atoms with Crippen LogP contribution in [-0.4, -0.2) is 36.3 Å². The number of piperidine rings is 1. The Morgan fingerprint density at radius 1 is 1.54 bits per heavy atom. The van der Waals surface area contributed by atoms with Crippen molar-refractivity contribution in [2.24, 2.45) is 0 Å². The van der Waals surface area contributed by atoms with Gasteiger partial charge >= 0.3 is 0 Å². The SMILES string of the molecule is CCC(=O)N1CCC(NC=O)CC1. The Morgan fingerprint density at radius 3 is 2.62 bits per heavy atom. The molecule has 1 aliphatic heterocycles. The Kier molecular flexibility index (Phi) is 3.73. The molecular weight excluding hydrogens is 168 g/mol. The van der Waals surface area contributed by atoms with Gasteiger partial charge in [-0.05, 0) is 12.8 Å². The number of carbonyl (C=O) groups excluding carboxylic acids is 2. The van der Waals surface area contributed by atoms with Gasteiger partial charge in [-0.25, -0.2) is 0 Å². The highest BCUT2D eigenvalue weighted by atomic mass is 16.2. The standard InChI is InChI=1S/C9H16N2O2/c1-2-9(13)11-5-3-8(4-6-11)10-7-12/h7-8H,2-6H2,1H3,(H,10,12). The minimum Gasteiger partial charge on any atom is -0.356 e. The van der Waals surface area contributed by atoms with E-state index >= 15 is 0 Å². The van der Waals surface area contributed by atoms with E-state index in [1.54, 1.807) is 0 Å². The molecule has 13 heavy (non-hydrogen) atoms. The Balaban J connectivity index is 2.30. The number of carbonyl (C=O) groups is 2. The largest absolute Gasteiger partial charge is 0.356 e. The van der Waals surface area contributed by atoms with Crippen molar-refractivity contribution in [1.82, 2.24) is 10.2 Å². The molecule has 0 bridgehead atoms. The highest BCUT2D eigenvalue weighted by Gasteiger charge is 2.20. The third-order valence-corrected chi connectivity index (χ3v) is 2.45. The summed E-state index contributed by atoms with van der Waals surface area (Å²) >= 11 is 0. The fourth-order valence-corrected chi connectivity index (χ4v) is 1.62. The smallest absolute Gasteiger partial charge is 0.222 e. The number of hydrogen-bond acceptors (Lipinski definition) is 2. The molecule has 74 valence electrons. The summed E-state index contributed by atoms with van der Waals surface area (Å²) in [6.07, 6.45) is 3.07. The van der Waals surface area contributed by atoms with Crippen molar-refractivity contribution in [1.29, 1.82) is 0 Å². The van der Waals surface area contributed by atoms with Crippen molar-refractivity contribution < 1.29 is 9.59 Å². The van der Waals surface area contributed by atoms with E-state index in [1.165, 1.54) is 0 Å². The summed E-state index contributed by atoms with van der Waals surface area (Å²) in [4.78, 5) is 23.3. The van der Waals surface area contributed by atoms with Crippen LogP contribution in [-0.2, 0) is 9.59 Å². The van der Waals surface area contributed by atoms with Gasteiger partial charge in [0, 0.05) is 25.6 Å². The molecule has 0 atom stereocenters. The number of nitrogens with zero attached hydrogens (tertiary/aromatic N) is 1. The molecule has 1 rings (SSSR count). The molecule has 1 aliphatic rings. The minimum atomic E-state index is 0.213. The maximum Gasteiger partial charge on any atom is 0.222 e. The summed E-state index contributed by atoms with van der Waals surface area (Å²) in [5.74, 6) is 0.213. The number of amides is 2. The molecule has 1 heterocycles. The molecule has 0 radical (unpaired) electrons. The van der Waals surface area contributed by atoms with Crippen molar-refractivity contribution in [2.45, 2.75) is 32.2 Å². The predicted molar refractivity (Wildman–Crippen MR) is 49.1 cm³/mol. The molecule has 0 aromatic rings. The molecule has 1 saturated heterocycles.